The van der Waals surface area contributed by atoms with E-state index in [9.17, 15) is 4.79 Å². The van der Waals surface area contributed by atoms with Crippen molar-refractivity contribution in [3.63, 3.8) is 0 Å². The van der Waals surface area contributed by atoms with Crippen LogP contribution in [0.4, 0.5) is 0 Å². The van der Waals surface area contributed by atoms with Crippen LogP contribution >= 0.6 is 15.9 Å². The predicted molar refractivity (Wildman–Crippen MR) is 60.9 cm³/mol. The van der Waals surface area contributed by atoms with E-state index in [2.05, 4.69) is 28.0 Å². The molecule has 0 aromatic carbocycles. The number of ether oxygens (including phenoxy) is 1. The maximum atomic E-state index is 11.6. The molecule has 4 nitrogen and oxygen atoms in total. The van der Waals surface area contributed by atoms with Crippen molar-refractivity contribution < 1.29 is 9.53 Å². The lowest BCUT2D eigenvalue weighted by molar-refractivity contribution is 0.0512. The predicted octanol–water partition coefficient (Wildman–Crippen LogP) is 2.31. The minimum Gasteiger partial charge on any atom is -0.461 e. The molecule has 0 aliphatic heterocycles. The lowest BCUT2D eigenvalue weighted by Crippen LogP contribution is -2.10. The fourth-order valence-corrected chi connectivity index (χ4v) is 2.07. The molecule has 0 saturated heterocycles. The molecule has 0 aliphatic rings. The topological polar surface area (TPSA) is 44.1 Å². The number of aromatic nitrogens is 2. The third-order valence-corrected chi connectivity index (χ3v) is 2.84. The number of nitrogens with zero attached hydrogens (tertiary/aromatic N) is 2. The molecule has 1 aromatic rings. The molecular weight excluding hydrogens is 260 g/mol. The summed E-state index contributed by atoms with van der Waals surface area (Å²) in [5, 5.41) is 4.27. The minimum atomic E-state index is -0.332. The smallest absolute Gasteiger partial charge is 0.357 e. The van der Waals surface area contributed by atoms with E-state index in [1.54, 1.807) is 18.7 Å². The first-order valence-electron chi connectivity index (χ1n) is 5.00. The zero-order valence-corrected chi connectivity index (χ0v) is 10.8. The molecular formula is C10H15BrN2O2. The number of esters is 1. The fourth-order valence-electron chi connectivity index (χ4n) is 1.37. The Balaban J connectivity index is 3.02. The largest absolute Gasteiger partial charge is 0.461 e. The summed E-state index contributed by atoms with van der Waals surface area (Å²) in [6.07, 6.45) is 1.85. The molecule has 0 N–H and O–H groups in total. The van der Waals surface area contributed by atoms with Crippen LogP contribution in [0.25, 0.3) is 0 Å². The van der Waals surface area contributed by atoms with Crippen molar-refractivity contribution >= 4 is 21.9 Å². The van der Waals surface area contributed by atoms with Gasteiger partial charge in [-0.3, -0.25) is 4.68 Å². The van der Waals surface area contributed by atoms with E-state index in [-0.39, 0.29) is 5.97 Å². The minimum absolute atomic E-state index is 0.332. The third kappa shape index (κ3) is 2.59. The van der Waals surface area contributed by atoms with Crippen LogP contribution in [0.1, 0.15) is 36.5 Å². The van der Waals surface area contributed by atoms with Gasteiger partial charge in [-0.05, 0) is 29.3 Å². The summed E-state index contributed by atoms with van der Waals surface area (Å²) < 4.78 is 7.27. The molecule has 5 heteroatoms. The van der Waals surface area contributed by atoms with Crippen molar-refractivity contribution in [3.8, 4) is 0 Å². The van der Waals surface area contributed by atoms with Crippen LogP contribution < -0.4 is 0 Å². The van der Waals surface area contributed by atoms with Crippen molar-refractivity contribution in [1.29, 1.82) is 0 Å². The van der Waals surface area contributed by atoms with Crippen LogP contribution in [0.2, 0.25) is 0 Å². The number of aryl methyl sites for hydroxylation is 2. The van der Waals surface area contributed by atoms with Gasteiger partial charge < -0.3 is 4.74 Å². The summed E-state index contributed by atoms with van der Waals surface area (Å²) in [5.41, 5.74) is 1.39. The number of halogens is 1. The van der Waals surface area contributed by atoms with Crippen molar-refractivity contribution in [2.75, 3.05) is 6.61 Å². The maximum absolute atomic E-state index is 11.6. The highest BCUT2D eigenvalue weighted by molar-refractivity contribution is 9.10. The monoisotopic (exact) mass is 274 g/mol. The molecule has 0 radical (unpaired) electrons. The Bertz CT molecular complexity index is 361. The highest BCUT2D eigenvalue weighted by atomic mass is 79.9. The lowest BCUT2D eigenvalue weighted by Gasteiger charge is -2.01. The van der Waals surface area contributed by atoms with Crippen LogP contribution in [0.5, 0.6) is 0 Å². The van der Waals surface area contributed by atoms with Gasteiger partial charge in [-0.1, -0.05) is 13.3 Å². The molecule has 0 fully saturated rings. The van der Waals surface area contributed by atoms with Crippen LogP contribution in [0.15, 0.2) is 4.47 Å². The first-order valence-corrected chi connectivity index (χ1v) is 5.79. The van der Waals surface area contributed by atoms with Crippen LogP contribution in [0, 0.1) is 0 Å². The zero-order chi connectivity index (χ0) is 11.4. The van der Waals surface area contributed by atoms with E-state index in [0.29, 0.717) is 12.3 Å². The summed E-state index contributed by atoms with van der Waals surface area (Å²) in [6.45, 7) is 4.24. The molecule has 1 rings (SSSR count). The van der Waals surface area contributed by atoms with Crippen LogP contribution in [-0.2, 0) is 18.2 Å². The van der Waals surface area contributed by atoms with Crippen molar-refractivity contribution in [1.82, 2.24) is 9.78 Å². The van der Waals surface area contributed by atoms with Gasteiger partial charge in [0.25, 0.3) is 0 Å². The average molecular weight is 275 g/mol. The molecule has 0 saturated carbocycles. The Labute approximate surface area is 97.7 Å². The number of rotatable bonds is 4. The lowest BCUT2D eigenvalue weighted by atomic mass is 10.2. The number of hydrogen-bond acceptors (Lipinski definition) is 3. The van der Waals surface area contributed by atoms with Crippen molar-refractivity contribution in [3.05, 3.63) is 15.9 Å². The van der Waals surface area contributed by atoms with Gasteiger partial charge in [-0.2, -0.15) is 5.10 Å². The highest BCUT2D eigenvalue weighted by Crippen LogP contribution is 2.22. The number of hydrogen-bond donors (Lipinski definition) is 0. The molecule has 1 heterocycles. The SMILES string of the molecule is CCCc1nn(C)c(C(=O)OCC)c1Br. The average Bonchev–Trinajstić information content (AvgIpc) is 2.43. The van der Waals surface area contributed by atoms with E-state index < -0.39 is 0 Å². The molecule has 0 spiro atoms. The Morgan fingerprint density at radius 3 is 2.73 bits per heavy atom. The Kier molecular flexibility index (Phi) is 4.32. The molecule has 84 valence electrons. The van der Waals surface area contributed by atoms with E-state index >= 15 is 0 Å². The normalized spacial score (nSPS) is 10.4. The Morgan fingerprint density at radius 2 is 2.20 bits per heavy atom. The Hall–Kier alpha value is -0.840. The van der Waals surface area contributed by atoms with Gasteiger partial charge in [-0.25, -0.2) is 4.79 Å². The second kappa shape index (κ2) is 5.30. The number of carbonyl (C=O) groups excluding carboxylic acids is 1. The standard InChI is InChI=1S/C10H15BrN2O2/c1-4-6-7-8(11)9(13(3)12-7)10(14)15-5-2/h4-6H2,1-3H3. The summed E-state index contributed by atoms with van der Waals surface area (Å²) in [5.74, 6) is -0.332. The Morgan fingerprint density at radius 1 is 1.53 bits per heavy atom. The van der Waals surface area contributed by atoms with E-state index in [1.165, 1.54) is 0 Å². The molecule has 0 amide bonds. The van der Waals surface area contributed by atoms with E-state index in [0.717, 1.165) is 23.0 Å². The van der Waals surface area contributed by atoms with Gasteiger partial charge in [0.2, 0.25) is 0 Å². The molecule has 15 heavy (non-hydrogen) atoms. The molecule has 0 bridgehead atoms. The van der Waals surface area contributed by atoms with Crippen molar-refractivity contribution in [2.45, 2.75) is 26.7 Å². The van der Waals surface area contributed by atoms with Gasteiger partial charge in [0.1, 0.15) is 0 Å². The van der Waals surface area contributed by atoms with Gasteiger partial charge in [0.05, 0.1) is 16.8 Å². The summed E-state index contributed by atoms with van der Waals surface area (Å²) in [7, 11) is 1.75. The van der Waals surface area contributed by atoms with Gasteiger partial charge >= 0.3 is 5.97 Å². The summed E-state index contributed by atoms with van der Waals surface area (Å²) in [4.78, 5) is 11.6. The quantitative estimate of drug-likeness (QED) is 0.792. The maximum Gasteiger partial charge on any atom is 0.357 e. The van der Waals surface area contributed by atoms with E-state index in [1.807, 2.05) is 0 Å². The van der Waals surface area contributed by atoms with Gasteiger partial charge in [0, 0.05) is 7.05 Å². The molecule has 1 aromatic heterocycles. The third-order valence-electron chi connectivity index (χ3n) is 2.01. The molecule has 0 atom stereocenters. The first kappa shape index (κ1) is 12.2. The van der Waals surface area contributed by atoms with Gasteiger partial charge in [0.15, 0.2) is 5.69 Å². The van der Waals surface area contributed by atoms with Crippen molar-refractivity contribution in [2.24, 2.45) is 7.05 Å². The molecule has 0 unspecified atom stereocenters. The zero-order valence-electron chi connectivity index (χ0n) is 9.21. The first-order chi connectivity index (χ1) is 7.11. The van der Waals surface area contributed by atoms with Crippen LogP contribution in [-0.4, -0.2) is 22.4 Å². The second-order valence-electron chi connectivity index (χ2n) is 3.20. The number of carbonyl (C=O) groups is 1. The summed E-state index contributed by atoms with van der Waals surface area (Å²) in [6, 6.07) is 0. The fraction of sp³-hybridized carbons (Fsp3) is 0.600. The highest BCUT2D eigenvalue weighted by Gasteiger charge is 2.20. The van der Waals surface area contributed by atoms with E-state index in [4.69, 9.17) is 4.74 Å². The second-order valence-corrected chi connectivity index (χ2v) is 4.00. The van der Waals surface area contributed by atoms with Gasteiger partial charge in [-0.15, -0.1) is 0 Å². The summed E-state index contributed by atoms with van der Waals surface area (Å²) >= 11 is 3.39. The molecule has 0 aliphatic carbocycles. The van der Waals surface area contributed by atoms with Crippen LogP contribution in [0.3, 0.4) is 0 Å².